The molecule has 0 aliphatic rings. The van der Waals surface area contributed by atoms with Crippen LogP contribution in [0.15, 0.2) is 26.7 Å². The van der Waals surface area contributed by atoms with Crippen molar-refractivity contribution >= 4 is 39.6 Å². The van der Waals surface area contributed by atoms with Crippen molar-refractivity contribution in [1.29, 1.82) is 0 Å². The van der Waals surface area contributed by atoms with E-state index in [4.69, 9.17) is 9.15 Å². The van der Waals surface area contributed by atoms with Crippen LogP contribution in [0.4, 0.5) is 5.00 Å². The second-order valence-electron chi connectivity index (χ2n) is 5.65. The first-order chi connectivity index (χ1) is 12.9. The molecule has 0 spiro atoms. The Bertz CT molecular complexity index is 1030. The van der Waals surface area contributed by atoms with E-state index < -0.39 is 11.7 Å². The van der Waals surface area contributed by atoms with Gasteiger partial charge in [0, 0.05) is 11.3 Å². The maximum atomic E-state index is 12.3. The van der Waals surface area contributed by atoms with E-state index >= 15 is 0 Å². The maximum Gasteiger partial charge on any atom is 0.437 e. The number of ether oxygens (including phenoxy) is 1. The molecule has 0 fully saturated rings. The normalized spacial score (nSPS) is 10.8. The first-order valence-corrected chi connectivity index (χ1v) is 9.70. The molecule has 0 saturated heterocycles. The summed E-state index contributed by atoms with van der Waals surface area (Å²) in [5, 5.41) is 9.11. The summed E-state index contributed by atoms with van der Waals surface area (Å²) < 4.78 is 11.0. The molecule has 1 N–H and O–H groups in total. The minimum Gasteiger partial charge on any atom is -0.465 e. The molecule has 0 bridgehead atoms. The molecule has 142 valence electrons. The SMILES string of the molecule is COC(=O)c1c(NC(=O)CCn2nc(-c3cccs3)oc2=O)sc(C)c1C. The van der Waals surface area contributed by atoms with Crippen LogP contribution in [0.2, 0.25) is 0 Å². The summed E-state index contributed by atoms with van der Waals surface area (Å²) in [5.41, 5.74) is 1.13. The van der Waals surface area contributed by atoms with Crippen molar-refractivity contribution in [1.82, 2.24) is 9.78 Å². The molecule has 3 aromatic rings. The van der Waals surface area contributed by atoms with Crippen molar-refractivity contribution in [3.63, 3.8) is 0 Å². The van der Waals surface area contributed by atoms with Crippen molar-refractivity contribution in [2.45, 2.75) is 26.8 Å². The van der Waals surface area contributed by atoms with Crippen LogP contribution in [-0.4, -0.2) is 28.8 Å². The maximum absolute atomic E-state index is 12.3. The molecule has 0 aliphatic carbocycles. The van der Waals surface area contributed by atoms with Gasteiger partial charge < -0.3 is 14.5 Å². The van der Waals surface area contributed by atoms with Crippen LogP contribution in [0.25, 0.3) is 10.8 Å². The number of amides is 1. The highest BCUT2D eigenvalue weighted by molar-refractivity contribution is 7.16. The Hall–Kier alpha value is -2.72. The average molecular weight is 407 g/mol. The zero-order valence-corrected chi connectivity index (χ0v) is 16.5. The van der Waals surface area contributed by atoms with Crippen LogP contribution in [0.1, 0.15) is 27.2 Å². The molecule has 8 nitrogen and oxygen atoms in total. The number of methoxy groups -OCH3 is 1. The summed E-state index contributed by atoms with van der Waals surface area (Å²) >= 11 is 2.71. The van der Waals surface area contributed by atoms with Gasteiger partial charge in [-0.3, -0.25) is 4.79 Å². The lowest BCUT2D eigenvalue weighted by molar-refractivity contribution is -0.116. The van der Waals surface area contributed by atoms with Crippen LogP contribution >= 0.6 is 22.7 Å². The monoisotopic (exact) mass is 407 g/mol. The number of aromatic nitrogens is 2. The molecule has 10 heteroatoms. The van der Waals surface area contributed by atoms with Crippen LogP contribution < -0.4 is 11.1 Å². The van der Waals surface area contributed by atoms with Gasteiger partial charge in [0.25, 0.3) is 5.89 Å². The molecule has 3 aromatic heterocycles. The number of aryl methyl sites for hydroxylation is 2. The van der Waals surface area contributed by atoms with Gasteiger partial charge in [0.2, 0.25) is 5.91 Å². The highest BCUT2D eigenvalue weighted by atomic mass is 32.1. The Morgan fingerprint density at radius 1 is 1.37 bits per heavy atom. The van der Waals surface area contributed by atoms with Crippen LogP contribution in [0.5, 0.6) is 0 Å². The van der Waals surface area contributed by atoms with Crippen molar-refractivity contribution in [2.24, 2.45) is 0 Å². The van der Waals surface area contributed by atoms with E-state index in [0.29, 0.717) is 10.6 Å². The van der Waals surface area contributed by atoms with E-state index in [0.717, 1.165) is 20.0 Å². The van der Waals surface area contributed by atoms with E-state index in [1.54, 1.807) is 13.0 Å². The number of hydrogen-bond acceptors (Lipinski definition) is 8. The number of rotatable bonds is 6. The number of anilines is 1. The Balaban J connectivity index is 1.69. The molecule has 3 rings (SSSR count). The van der Waals surface area contributed by atoms with Crippen molar-refractivity contribution in [3.05, 3.63) is 44.1 Å². The fraction of sp³-hybridized carbons (Fsp3) is 0.294. The van der Waals surface area contributed by atoms with Crippen molar-refractivity contribution < 1.29 is 18.7 Å². The van der Waals surface area contributed by atoms with Gasteiger partial charge in [0.15, 0.2) is 0 Å². The van der Waals surface area contributed by atoms with Crippen molar-refractivity contribution in [3.8, 4) is 10.8 Å². The topological polar surface area (TPSA) is 103 Å². The first kappa shape index (κ1) is 19.1. The van der Waals surface area contributed by atoms with Crippen molar-refractivity contribution in [2.75, 3.05) is 12.4 Å². The summed E-state index contributed by atoms with van der Waals surface area (Å²) in [6, 6.07) is 3.62. The number of hydrogen-bond donors (Lipinski definition) is 1. The number of carbonyl (C=O) groups is 2. The summed E-state index contributed by atoms with van der Waals surface area (Å²) in [6.07, 6.45) is 0.00687. The number of nitrogens with one attached hydrogen (secondary N) is 1. The average Bonchev–Trinajstić information content (AvgIpc) is 3.34. The number of nitrogens with zero attached hydrogens (tertiary/aromatic N) is 2. The lowest BCUT2D eigenvalue weighted by Crippen LogP contribution is -2.21. The number of esters is 1. The summed E-state index contributed by atoms with van der Waals surface area (Å²) in [4.78, 5) is 37.8. The fourth-order valence-electron chi connectivity index (χ4n) is 2.41. The third-order valence-electron chi connectivity index (χ3n) is 3.92. The molecular formula is C17H17N3O5S2. The van der Waals surface area contributed by atoms with E-state index in [2.05, 4.69) is 10.4 Å². The minimum absolute atomic E-state index is 0.00687. The minimum atomic E-state index is -0.621. The lowest BCUT2D eigenvalue weighted by atomic mass is 10.1. The largest absolute Gasteiger partial charge is 0.465 e. The summed E-state index contributed by atoms with van der Waals surface area (Å²) in [6.45, 7) is 3.73. The van der Waals surface area contributed by atoms with Gasteiger partial charge in [0.1, 0.15) is 5.00 Å². The highest BCUT2D eigenvalue weighted by Gasteiger charge is 2.21. The van der Waals surface area contributed by atoms with Gasteiger partial charge in [0.05, 0.1) is 24.1 Å². The third-order valence-corrected chi connectivity index (χ3v) is 5.90. The lowest BCUT2D eigenvalue weighted by Gasteiger charge is -2.06. The Labute approximate surface area is 162 Å². The van der Waals surface area contributed by atoms with E-state index in [1.807, 2.05) is 18.4 Å². The quantitative estimate of drug-likeness (QED) is 0.630. The van der Waals surface area contributed by atoms with Crippen LogP contribution in [0, 0.1) is 13.8 Å². The smallest absolute Gasteiger partial charge is 0.437 e. The molecule has 0 atom stereocenters. The molecule has 0 aliphatic heterocycles. The molecule has 27 heavy (non-hydrogen) atoms. The van der Waals surface area contributed by atoms with Gasteiger partial charge in [-0.25, -0.2) is 9.59 Å². The summed E-state index contributed by atoms with van der Waals surface area (Å²) in [7, 11) is 1.29. The molecule has 0 radical (unpaired) electrons. The molecule has 3 heterocycles. The van der Waals surface area contributed by atoms with Gasteiger partial charge >= 0.3 is 11.7 Å². The van der Waals surface area contributed by atoms with Gasteiger partial charge in [-0.15, -0.1) is 27.8 Å². The second-order valence-corrected chi connectivity index (χ2v) is 7.82. The summed E-state index contributed by atoms with van der Waals surface area (Å²) in [5.74, 6) is -1.23. The molecule has 0 saturated carbocycles. The molecular weight excluding hydrogens is 390 g/mol. The number of carbonyl (C=O) groups excluding carboxylic acids is 2. The molecule has 0 unspecified atom stereocenters. The second kappa shape index (κ2) is 7.89. The molecule has 1 amide bonds. The Kier molecular flexibility index (Phi) is 5.57. The van der Waals surface area contributed by atoms with E-state index in [9.17, 15) is 14.4 Å². The zero-order valence-electron chi connectivity index (χ0n) is 14.9. The van der Waals surface area contributed by atoms with Gasteiger partial charge in [-0.2, -0.15) is 4.68 Å². The van der Waals surface area contributed by atoms with Gasteiger partial charge in [-0.05, 0) is 30.9 Å². The van der Waals surface area contributed by atoms with Crippen LogP contribution in [-0.2, 0) is 16.1 Å². The Morgan fingerprint density at radius 2 is 2.15 bits per heavy atom. The van der Waals surface area contributed by atoms with E-state index in [1.165, 1.54) is 29.8 Å². The van der Waals surface area contributed by atoms with Crippen LogP contribution in [0.3, 0.4) is 0 Å². The highest BCUT2D eigenvalue weighted by Crippen LogP contribution is 2.33. The Morgan fingerprint density at radius 3 is 2.81 bits per heavy atom. The third kappa shape index (κ3) is 4.01. The molecule has 0 aromatic carbocycles. The standard InChI is InChI=1S/C17H17N3O5S2/c1-9-10(2)27-15(13(9)16(22)24-3)18-12(21)6-7-20-17(23)25-14(19-20)11-5-4-8-26-11/h4-5,8H,6-7H2,1-3H3,(H,18,21). The first-order valence-electron chi connectivity index (χ1n) is 8.00. The fourth-order valence-corrected chi connectivity index (χ4v) is 4.12. The van der Waals surface area contributed by atoms with E-state index in [-0.39, 0.29) is 24.8 Å². The zero-order chi connectivity index (χ0) is 19.6. The number of thiophene rings is 2. The predicted molar refractivity (Wildman–Crippen MR) is 102 cm³/mol. The predicted octanol–water partition coefficient (Wildman–Crippen LogP) is 3.06. The van der Waals surface area contributed by atoms with Gasteiger partial charge in [-0.1, -0.05) is 6.07 Å².